The van der Waals surface area contributed by atoms with E-state index in [2.05, 4.69) is 15.0 Å². The van der Waals surface area contributed by atoms with E-state index in [4.69, 9.17) is 11.6 Å². The number of hydrogen-bond donors (Lipinski definition) is 0. The highest BCUT2D eigenvalue weighted by atomic mass is 35.5. The Labute approximate surface area is 82.5 Å². The third kappa shape index (κ3) is 2.00. The predicted molar refractivity (Wildman–Crippen MR) is 50.5 cm³/mol. The monoisotopic (exact) mass is 200 g/mol. The minimum absolute atomic E-state index is 0.313. The third-order valence-corrected chi connectivity index (χ3v) is 2.74. The molecule has 13 heavy (non-hydrogen) atoms. The van der Waals surface area contributed by atoms with Crippen LogP contribution in [0.25, 0.3) is 0 Å². The number of likely N-dealkylation sites (tertiary alicyclic amines) is 1. The fraction of sp³-hybridized carbons (Fsp3) is 0.750. The largest absolute Gasteiger partial charge is 0.294 e. The second-order valence-corrected chi connectivity index (χ2v) is 4.04. The quantitative estimate of drug-likeness (QED) is 0.657. The molecule has 1 aromatic rings. The van der Waals surface area contributed by atoms with Crippen molar-refractivity contribution in [2.45, 2.75) is 18.3 Å². The van der Waals surface area contributed by atoms with Crippen LogP contribution in [0.15, 0.2) is 6.33 Å². The predicted octanol–water partition coefficient (Wildman–Crippen LogP) is 0.628. The zero-order chi connectivity index (χ0) is 9.26. The summed E-state index contributed by atoms with van der Waals surface area (Å²) in [5.74, 6) is 1.01. The first-order valence-corrected chi connectivity index (χ1v) is 4.88. The molecule has 1 fully saturated rings. The first-order chi connectivity index (χ1) is 6.25. The number of nitrogens with zero attached hydrogens (tertiary/aromatic N) is 4. The van der Waals surface area contributed by atoms with Gasteiger partial charge < -0.3 is 0 Å². The molecule has 0 amide bonds. The Morgan fingerprint density at radius 2 is 2.54 bits per heavy atom. The van der Waals surface area contributed by atoms with Crippen molar-refractivity contribution in [1.29, 1.82) is 0 Å². The maximum absolute atomic E-state index is 6.00. The first-order valence-electron chi connectivity index (χ1n) is 4.45. The van der Waals surface area contributed by atoms with Gasteiger partial charge >= 0.3 is 0 Å². The van der Waals surface area contributed by atoms with Gasteiger partial charge in [0.2, 0.25) is 0 Å². The van der Waals surface area contributed by atoms with E-state index < -0.39 is 0 Å². The lowest BCUT2D eigenvalue weighted by Crippen LogP contribution is -2.22. The minimum atomic E-state index is 0.313. The summed E-state index contributed by atoms with van der Waals surface area (Å²) in [4.78, 5) is 6.48. The van der Waals surface area contributed by atoms with Gasteiger partial charge in [-0.15, -0.1) is 11.6 Å². The molecule has 1 saturated heterocycles. The fourth-order valence-corrected chi connectivity index (χ4v) is 1.89. The van der Waals surface area contributed by atoms with Crippen LogP contribution in [0.3, 0.4) is 0 Å². The number of rotatable bonds is 2. The highest BCUT2D eigenvalue weighted by Crippen LogP contribution is 2.16. The molecule has 2 rings (SSSR count). The van der Waals surface area contributed by atoms with Gasteiger partial charge in [-0.3, -0.25) is 9.58 Å². The van der Waals surface area contributed by atoms with Crippen molar-refractivity contribution in [2.24, 2.45) is 7.05 Å². The molecule has 0 saturated carbocycles. The lowest BCUT2D eigenvalue weighted by atomic mass is 10.4. The maximum Gasteiger partial charge on any atom is 0.140 e. The number of halogens is 1. The van der Waals surface area contributed by atoms with Gasteiger partial charge in [0.15, 0.2) is 0 Å². The van der Waals surface area contributed by atoms with Crippen molar-refractivity contribution in [3.8, 4) is 0 Å². The smallest absolute Gasteiger partial charge is 0.140 e. The van der Waals surface area contributed by atoms with Crippen LogP contribution in [0.5, 0.6) is 0 Å². The zero-order valence-electron chi connectivity index (χ0n) is 7.65. The Kier molecular flexibility index (Phi) is 2.51. The fourth-order valence-electron chi connectivity index (χ4n) is 1.59. The number of aryl methyl sites for hydroxylation is 1. The van der Waals surface area contributed by atoms with Crippen LogP contribution >= 0.6 is 11.6 Å². The average Bonchev–Trinajstić information content (AvgIpc) is 2.64. The Morgan fingerprint density at radius 1 is 1.69 bits per heavy atom. The molecule has 1 aliphatic rings. The summed E-state index contributed by atoms with van der Waals surface area (Å²) >= 11 is 6.00. The Balaban J connectivity index is 1.95. The van der Waals surface area contributed by atoms with Crippen LogP contribution in [0.4, 0.5) is 0 Å². The summed E-state index contributed by atoms with van der Waals surface area (Å²) in [6.45, 7) is 2.90. The van der Waals surface area contributed by atoms with E-state index in [0.717, 1.165) is 31.9 Å². The summed E-state index contributed by atoms with van der Waals surface area (Å²) < 4.78 is 1.81. The standard InChI is InChI=1S/C8H13ClN4/c1-12-8(10-6-11-12)5-13-3-2-7(9)4-13/h6-7H,2-5H2,1H3. The molecule has 4 nitrogen and oxygen atoms in total. The number of hydrogen-bond acceptors (Lipinski definition) is 3. The molecule has 1 aliphatic heterocycles. The van der Waals surface area contributed by atoms with E-state index in [1.165, 1.54) is 0 Å². The Morgan fingerprint density at radius 3 is 3.08 bits per heavy atom. The molecule has 0 spiro atoms. The molecule has 0 radical (unpaired) electrons. The summed E-state index contributed by atoms with van der Waals surface area (Å²) in [5, 5.41) is 4.34. The van der Waals surface area contributed by atoms with Crippen LogP contribution in [-0.2, 0) is 13.6 Å². The lowest BCUT2D eigenvalue weighted by Gasteiger charge is -2.13. The lowest BCUT2D eigenvalue weighted by molar-refractivity contribution is 0.317. The van der Waals surface area contributed by atoms with Gasteiger partial charge in [-0.2, -0.15) is 5.10 Å². The molecule has 0 bridgehead atoms. The minimum Gasteiger partial charge on any atom is -0.294 e. The molecule has 0 aromatic carbocycles. The van der Waals surface area contributed by atoms with Crippen LogP contribution in [0.1, 0.15) is 12.2 Å². The topological polar surface area (TPSA) is 34.0 Å². The molecular weight excluding hydrogens is 188 g/mol. The summed E-state index contributed by atoms with van der Waals surface area (Å²) in [5.41, 5.74) is 0. The highest BCUT2D eigenvalue weighted by Gasteiger charge is 2.21. The van der Waals surface area contributed by atoms with Gasteiger partial charge in [0, 0.05) is 25.5 Å². The average molecular weight is 201 g/mol. The van der Waals surface area contributed by atoms with Crippen molar-refractivity contribution in [3.63, 3.8) is 0 Å². The molecule has 1 aromatic heterocycles. The van der Waals surface area contributed by atoms with Gasteiger partial charge in [-0.1, -0.05) is 0 Å². The first kappa shape index (κ1) is 8.97. The zero-order valence-corrected chi connectivity index (χ0v) is 8.41. The molecule has 72 valence electrons. The van der Waals surface area contributed by atoms with E-state index in [-0.39, 0.29) is 0 Å². The van der Waals surface area contributed by atoms with Crippen LogP contribution in [0.2, 0.25) is 0 Å². The van der Waals surface area contributed by atoms with Crippen molar-refractivity contribution in [2.75, 3.05) is 13.1 Å². The van der Waals surface area contributed by atoms with E-state index in [1.807, 2.05) is 11.7 Å². The molecule has 5 heteroatoms. The Hall–Kier alpha value is -0.610. The van der Waals surface area contributed by atoms with Crippen molar-refractivity contribution >= 4 is 11.6 Å². The van der Waals surface area contributed by atoms with E-state index in [0.29, 0.717) is 5.38 Å². The van der Waals surface area contributed by atoms with Crippen molar-refractivity contribution < 1.29 is 0 Å². The molecule has 0 aliphatic carbocycles. The van der Waals surface area contributed by atoms with E-state index in [1.54, 1.807) is 6.33 Å². The van der Waals surface area contributed by atoms with Crippen LogP contribution in [0, 0.1) is 0 Å². The molecule has 1 unspecified atom stereocenters. The van der Waals surface area contributed by atoms with Gasteiger partial charge in [0.25, 0.3) is 0 Å². The maximum atomic E-state index is 6.00. The third-order valence-electron chi connectivity index (χ3n) is 2.39. The summed E-state index contributed by atoms with van der Waals surface area (Å²) in [6.07, 6.45) is 2.67. The second-order valence-electron chi connectivity index (χ2n) is 3.42. The van der Waals surface area contributed by atoms with E-state index >= 15 is 0 Å². The molecule has 0 N–H and O–H groups in total. The normalized spacial score (nSPS) is 24.0. The second kappa shape index (κ2) is 3.64. The van der Waals surface area contributed by atoms with E-state index in [9.17, 15) is 0 Å². The van der Waals surface area contributed by atoms with Crippen LogP contribution in [-0.4, -0.2) is 38.1 Å². The number of alkyl halides is 1. The summed E-state index contributed by atoms with van der Waals surface area (Å²) in [6, 6.07) is 0. The molecular formula is C8H13ClN4. The SMILES string of the molecule is Cn1ncnc1CN1CCC(Cl)C1. The van der Waals surface area contributed by atoms with Crippen LogP contribution < -0.4 is 0 Å². The van der Waals surface area contributed by atoms with Gasteiger partial charge in [-0.05, 0) is 6.42 Å². The van der Waals surface area contributed by atoms with Gasteiger partial charge in [-0.25, -0.2) is 4.98 Å². The molecule has 2 heterocycles. The van der Waals surface area contributed by atoms with Crippen molar-refractivity contribution in [1.82, 2.24) is 19.7 Å². The number of aromatic nitrogens is 3. The van der Waals surface area contributed by atoms with Gasteiger partial charge in [0.1, 0.15) is 12.2 Å². The summed E-state index contributed by atoms with van der Waals surface area (Å²) in [7, 11) is 1.91. The Bertz CT molecular complexity index is 285. The van der Waals surface area contributed by atoms with Crippen molar-refractivity contribution in [3.05, 3.63) is 12.2 Å². The highest BCUT2D eigenvalue weighted by molar-refractivity contribution is 6.20. The molecule has 1 atom stereocenters. The van der Waals surface area contributed by atoms with Gasteiger partial charge in [0.05, 0.1) is 6.54 Å².